The Kier molecular flexibility index (Phi) is 5.50. The number of pyridine rings is 1. The average Bonchev–Trinajstić information content (AvgIpc) is 3.35. The smallest absolute Gasteiger partial charge is 0.318 e. The number of aryl methyl sites for hydroxylation is 1. The van der Waals surface area contributed by atoms with Crippen LogP contribution in [0.5, 0.6) is 6.01 Å². The third-order valence-electron chi connectivity index (χ3n) is 7.06. The Labute approximate surface area is 216 Å². The van der Waals surface area contributed by atoms with Crippen LogP contribution < -0.4 is 9.64 Å². The number of anilines is 1. The number of nitrogens with zero attached hydrogens (tertiary/aromatic N) is 6. The van der Waals surface area contributed by atoms with E-state index in [1.54, 1.807) is 17.3 Å². The van der Waals surface area contributed by atoms with Gasteiger partial charge in [0.1, 0.15) is 22.6 Å². The molecule has 1 spiro atoms. The molecule has 6 rings (SSSR count). The lowest BCUT2D eigenvalue weighted by molar-refractivity contribution is -0.164. The first-order valence-corrected chi connectivity index (χ1v) is 12.0. The van der Waals surface area contributed by atoms with Crippen molar-refractivity contribution in [2.24, 2.45) is 0 Å². The molecule has 1 amide bonds. The molecule has 37 heavy (non-hydrogen) atoms. The fraction of sp³-hybridized carbons (Fsp3) is 0.320. The lowest BCUT2D eigenvalue weighted by atomic mass is 9.91. The quantitative estimate of drug-likeness (QED) is 0.406. The molecule has 10 nitrogen and oxygen atoms in total. The largest absolute Gasteiger partial charge is 0.467 e. The number of hydrogen-bond donors (Lipinski definition) is 1. The molecule has 2 saturated heterocycles. The fourth-order valence-electron chi connectivity index (χ4n) is 5.16. The van der Waals surface area contributed by atoms with Crippen molar-refractivity contribution < 1.29 is 18.7 Å². The number of halogens is 2. The first-order chi connectivity index (χ1) is 17.9. The maximum atomic E-state index is 16.2. The number of benzene rings is 1. The molecule has 0 aliphatic carbocycles. The second-order valence-electron chi connectivity index (χ2n) is 9.26. The van der Waals surface area contributed by atoms with E-state index in [0.717, 1.165) is 11.1 Å². The van der Waals surface area contributed by atoms with Gasteiger partial charge in [-0.05, 0) is 24.6 Å². The average molecular weight is 524 g/mol. The molecule has 2 fully saturated rings. The van der Waals surface area contributed by atoms with E-state index in [9.17, 15) is 4.79 Å². The number of fused-ring (bicyclic) bond motifs is 2. The highest BCUT2D eigenvalue weighted by Gasteiger charge is 2.50. The molecule has 1 aromatic carbocycles. The second kappa shape index (κ2) is 8.63. The predicted octanol–water partition coefficient (Wildman–Crippen LogP) is 3.28. The topological polar surface area (TPSA) is 109 Å². The van der Waals surface area contributed by atoms with Crippen LogP contribution in [0, 0.1) is 12.7 Å². The number of piperazine rings is 1. The van der Waals surface area contributed by atoms with Crippen LogP contribution in [0.2, 0.25) is 5.02 Å². The maximum Gasteiger partial charge on any atom is 0.318 e. The number of aromatic amines is 1. The van der Waals surface area contributed by atoms with Gasteiger partial charge in [-0.25, -0.2) is 4.39 Å². The van der Waals surface area contributed by atoms with E-state index in [2.05, 4.69) is 31.7 Å². The number of methoxy groups -OCH3 is 1. The van der Waals surface area contributed by atoms with Crippen LogP contribution in [0.4, 0.5) is 10.2 Å². The van der Waals surface area contributed by atoms with Crippen molar-refractivity contribution in [1.82, 2.24) is 30.0 Å². The number of ether oxygens (including phenoxy) is 2. The Morgan fingerprint density at radius 1 is 1.30 bits per heavy atom. The summed E-state index contributed by atoms with van der Waals surface area (Å²) >= 11 is 6.64. The molecule has 0 atom stereocenters. The van der Waals surface area contributed by atoms with Crippen LogP contribution in [0.3, 0.4) is 0 Å². The molecule has 0 bridgehead atoms. The van der Waals surface area contributed by atoms with Gasteiger partial charge in [-0.2, -0.15) is 15.1 Å². The first kappa shape index (κ1) is 23.6. The SMILES string of the molecule is C=CC(=O)N1CCN(c2nc(OC)nc3c(F)c(-c4c(Cl)c(C)cc5[nH]ncc45)ncc23)CC12COC2. The van der Waals surface area contributed by atoms with E-state index >= 15 is 4.39 Å². The van der Waals surface area contributed by atoms with Crippen molar-refractivity contribution in [3.63, 3.8) is 0 Å². The Hall–Kier alpha value is -3.83. The van der Waals surface area contributed by atoms with Crippen molar-refractivity contribution >= 4 is 45.1 Å². The van der Waals surface area contributed by atoms with Crippen LogP contribution in [0.25, 0.3) is 33.1 Å². The zero-order chi connectivity index (χ0) is 25.9. The van der Waals surface area contributed by atoms with Gasteiger partial charge >= 0.3 is 6.01 Å². The molecule has 2 aliphatic rings. The van der Waals surface area contributed by atoms with Crippen molar-refractivity contribution in [3.05, 3.63) is 47.5 Å². The molecular formula is C25H23ClFN7O3. The van der Waals surface area contributed by atoms with E-state index in [1.165, 1.54) is 13.2 Å². The molecule has 3 aromatic heterocycles. The molecule has 190 valence electrons. The van der Waals surface area contributed by atoms with Gasteiger partial charge in [-0.1, -0.05) is 18.2 Å². The number of carbonyl (C=O) groups excluding carboxylic acids is 1. The number of aromatic nitrogens is 5. The van der Waals surface area contributed by atoms with E-state index in [-0.39, 0.29) is 23.1 Å². The number of carbonyl (C=O) groups is 1. The molecule has 4 aromatic rings. The summed E-state index contributed by atoms with van der Waals surface area (Å²) in [6, 6.07) is 1.87. The highest BCUT2D eigenvalue weighted by molar-refractivity contribution is 6.35. The molecule has 12 heteroatoms. The van der Waals surface area contributed by atoms with Gasteiger partial charge in [0.05, 0.1) is 42.4 Å². The Balaban J connectivity index is 1.50. The molecule has 1 N–H and O–H groups in total. The van der Waals surface area contributed by atoms with Gasteiger partial charge in [-0.15, -0.1) is 0 Å². The van der Waals surface area contributed by atoms with Crippen molar-refractivity contribution in [1.29, 1.82) is 0 Å². The summed E-state index contributed by atoms with van der Waals surface area (Å²) in [7, 11) is 1.43. The fourth-order valence-corrected chi connectivity index (χ4v) is 5.40. The first-order valence-electron chi connectivity index (χ1n) is 11.7. The second-order valence-corrected chi connectivity index (χ2v) is 9.64. The number of rotatable bonds is 4. The van der Waals surface area contributed by atoms with Crippen molar-refractivity contribution in [3.8, 4) is 17.3 Å². The molecule has 0 saturated carbocycles. The van der Waals surface area contributed by atoms with Gasteiger partial charge in [0, 0.05) is 36.8 Å². The third-order valence-corrected chi connectivity index (χ3v) is 7.55. The number of hydrogen-bond acceptors (Lipinski definition) is 8. The monoisotopic (exact) mass is 523 g/mol. The van der Waals surface area contributed by atoms with Crippen molar-refractivity contribution in [2.45, 2.75) is 12.5 Å². The number of H-pyrrole nitrogens is 1. The number of nitrogens with one attached hydrogen (secondary N) is 1. The van der Waals surface area contributed by atoms with Crippen LogP contribution in [0.15, 0.2) is 31.1 Å². The summed E-state index contributed by atoms with van der Waals surface area (Å²) in [6.45, 7) is 7.61. The minimum atomic E-state index is -0.642. The molecule has 0 radical (unpaired) electrons. The van der Waals surface area contributed by atoms with E-state index < -0.39 is 11.4 Å². The lowest BCUT2D eigenvalue weighted by Gasteiger charge is -2.55. The Bertz CT molecular complexity index is 1590. The van der Waals surface area contributed by atoms with Gasteiger partial charge in [0.15, 0.2) is 5.82 Å². The number of amides is 1. The Morgan fingerprint density at radius 2 is 2.11 bits per heavy atom. The van der Waals surface area contributed by atoms with Gasteiger partial charge in [0.25, 0.3) is 0 Å². The highest BCUT2D eigenvalue weighted by atomic mass is 35.5. The maximum absolute atomic E-state index is 16.2. The van der Waals surface area contributed by atoms with Gasteiger partial charge < -0.3 is 19.3 Å². The molecule has 2 aliphatic heterocycles. The van der Waals surface area contributed by atoms with E-state index in [4.69, 9.17) is 21.1 Å². The summed E-state index contributed by atoms with van der Waals surface area (Å²) in [5.41, 5.74) is 1.53. The summed E-state index contributed by atoms with van der Waals surface area (Å²) < 4.78 is 27.0. The summed E-state index contributed by atoms with van der Waals surface area (Å²) in [6.07, 6.45) is 4.46. The van der Waals surface area contributed by atoms with Crippen LogP contribution in [-0.2, 0) is 9.53 Å². The predicted molar refractivity (Wildman–Crippen MR) is 136 cm³/mol. The van der Waals surface area contributed by atoms with Crippen molar-refractivity contribution in [2.75, 3.05) is 44.9 Å². The zero-order valence-corrected chi connectivity index (χ0v) is 21.0. The van der Waals surface area contributed by atoms with Gasteiger partial charge in [-0.3, -0.25) is 14.9 Å². The summed E-state index contributed by atoms with van der Waals surface area (Å²) in [5, 5.41) is 8.45. The van der Waals surface area contributed by atoms with Crippen LogP contribution >= 0.6 is 11.6 Å². The van der Waals surface area contributed by atoms with Crippen LogP contribution in [-0.4, -0.2) is 81.5 Å². The lowest BCUT2D eigenvalue weighted by Crippen LogP contribution is -2.72. The zero-order valence-electron chi connectivity index (χ0n) is 20.2. The Morgan fingerprint density at radius 3 is 2.81 bits per heavy atom. The normalized spacial score (nSPS) is 16.9. The minimum Gasteiger partial charge on any atom is -0.467 e. The van der Waals surface area contributed by atoms with Gasteiger partial charge in [0.2, 0.25) is 5.91 Å². The minimum absolute atomic E-state index is 0.0193. The third kappa shape index (κ3) is 3.52. The van der Waals surface area contributed by atoms with E-state index in [0.29, 0.717) is 60.0 Å². The van der Waals surface area contributed by atoms with Crippen LogP contribution in [0.1, 0.15) is 5.56 Å². The van der Waals surface area contributed by atoms with E-state index in [1.807, 2.05) is 17.9 Å². The molecular weight excluding hydrogens is 501 g/mol. The molecule has 5 heterocycles. The molecule has 0 unspecified atom stereocenters. The summed E-state index contributed by atoms with van der Waals surface area (Å²) in [5.74, 6) is -0.316. The highest BCUT2D eigenvalue weighted by Crippen LogP contribution is 2.40. The summed E-state index contributed by atoms with van der Waals surface area (Å²) in [4.78, 5) is 29.7. The standard InChI is InChI=1S/C25H23ClFN7O3/c1-4-17(35)34-6-5-33(10-25(34)11-37-12-25)23-15-8-28-22(20(27)21(15)30-24(31-23)36-3)18-14-9-29-32-16(14)7-13(2)19(18)26/h4,7-9H,1,5-6,10-12H2,2-3H3,(H,29,32).